The van der Waals surface area contributed by atoms with Crippen LogP contribution in [0.5, 0.6) is 5.75 Å². The van der Waals surface area contributed by atoms with Crippen molar-refractivity contribution >= 4 is 5.78 Å². The van der Waals surface area contributed by atoms with E-state index in [-0.39, 0.29) is 5.78 Å². The van der Waals surface area contributed by atoms with Crippen molar-refractivity contribution in [3.05, 3.63) is 65.2 Å². The van der Waals surface area contributed by atoms with Crippen molar-refractivity contribution in [2.45, 2.75) is 19.8 Å². The lowest BCUT2D eigenvalue weighted by atomic mass is 10.0. The molecule has 2 aromatic rings. The van der Waals surface area contributed by atoms with Gasteiger partial charge in [0.25, 0.3) is 0 Å². The normalized spacial score (nSPS) is 10.2. The average Bonchev–Trinajstić information content (AvgIpc) is 2.45. The molecule has 2 nitrogen and oxygen atoms in total. The van der Waals surface area contributed by atoms with Crippen LogP contribution in [0.4, 0.5) is 0 Å². The molecular weight excluding hydrogens is 236 g/mol. The predicted molar refractivity (Wildman–Crippen MR) is 76.8 cm³/mol. The van der Waals surface area contributed by atoms with Crippen LogP contribution in [0.25, 0.3) is 0 Å². The zero-order chi connectivity index (χ0) is 13.7. The minimum Gasteiger partial charge on any atom is -0.497 e. The van der Waals surface area contributed by atoms with Gasteiger partial charge in [0, 0.05) is 12.0 Å². The summed E-state index contributed by atoms with van der Waals surface area (Å²) in [4.78, 5) is 12.1. The van der Waals surface area contributed by atoms with Gasteiger partial charge >= 0.3 is 0 Å². The third-order valence-electron chi connectivity index (χ3n) is 3.14. The number of Topliss-reactive ketones (excluding diaryl/α,β-unsaturated/α-hetero) is 1. The summed E-state index contributed by atoms with van der Waals surface area (Å²) in [6.07, 6.45) is 1.30. The van der Waals surface area contributed by atoms with Crippen LogP contribution in [0.3, 0.4) is 0 Å². The maximum absolute atomic E-state index is 12.1. The number of carbonyl (C=O) groups excluding carboxylic acids is 1. The highest BCUT2D eigenvalue weighted by Crippen LogP contribution is 2.14. The molecule has 0 spiro atoms. The monoisotopic (exact) mass is 254 g/mol. The number of ketones is 1. The molecular formula is C17H18O2. The van der Waals surface area contributed by atoms with E-state index in [2.05, 4.69) is 0 Å². The highest BCUT2D eigenvalue weighted by molar-refractivity contribution is 5.96. The van der Waals surface area contributed by atoms with Crippen molar-refractivity contribution < 1.29 is 9.53 Å². The Balaban J connectivity index is 1.96. The van der Waals surface area contributed by atoms with Gasteiger partial charge in [-0.25, -0.2) is 0 Å². The largest absolute Gasteiger partial charge is 0.497 e. The molecule has 0 heterocycles. The zero-order valence-electron chi connectivity index (χ0n) is 11.3. The molecule has 0 bridgehead atoms. The second-order valence-electron chi connectivity index (χ2n) is 4.64. The second kappa shape index (κ2) is 6.19. The van der Waals surface area contributed by atoms with E-state index < -0.39 is 0 Å². The average molecular weight is 254 g/mol. The summed E-state index contributed by atoms with van der Waals surface area (Å²) >= 11 is 0. The fourth-order valence-corrected chi connectivity index (χ4v) is 2.01. The van der Waals surface area contributed by atoms with Crippen molar-refractivity contribution in [2.24, 2.45) is 0 Å². The molecule has 2 rings (SSSR count). The minimum atomic E-state index is 0.194. The van der Waals surface area contributed by atoms with Crippen molar-refractivity contribution in [2.75, 3.05) is 7.11 Å². The first-order valence-electron chi connectivity index (χ1n) is 6.42. The van der Waals surface area contributed by atoms with Crippen LogP contribution in [0.1, 0.15) is 27.9 Å². The highest BCUT2D eigenvalue weighted by Gasteiger charge is 2.06. The van der Waals surface area contributed by atoms with E-state index >= 15 is 0 Å². The van der Waals surface area contributed by atoms with Crippen molar-refractivity contribution in [3.63, 3.8) is 0 Å². The first kappa shape index (κ1) is 13.3. The van der Waals surface area contributed by atoms with Crippen molar-refractivity contribution in [1.29, 1.82) is 0 Å². The molecule has 2 aromatic carbocycles. The Morgan fingerprint density at radius 1 is 1.11 bits per heavy atom. The van der Waals surface area contributed by atoms with Gasteiger partial charge in [-0.2, -0.15) is 0 Å². The van der Waals surface area contributed by atoms with Gasteiger partial charge in [0.2, 0.25) is 0 Å². The number of carbonyl (C=O) groups is 1. The summed E-state index contributed by atoms with van der Waals surface area (Å²) in [7, 11) is 1.65. The Bertz CT molecular complexity index is 556. The molecule has 0 N–H and O–H groups in total. The van der Waals surface area contributed by atoms with Gasteiger partial charge in [0.15, 0.2) is 5.78 Å². The van der Waals surface area contributed by atoms with Gasteiger partial charge in [0.05, 0.1) is 7.11 Å². The van der Waals surface area contributed by atoms with E-state index in [9.17, 15) is 4.79 Å². The third-order valence-corrected chi connectivity index (χ3v) is 3.14. The molecule has 2 heteroatoms. The molecule has 0 unspecified atom stereocenters. The Labute approximate surface area is 114 Å². The van der Waals surface area contributed by atoms with E-state index in [1.165, 1.54) is 0 Å². The van der Waals surface area contributed by atoms with Gasteiger partial charge in [-0.3, -0.25) is 4.79 Å². The van der Waals surface area contributed by atoms with E-state index in [1.54, 1.807) is 7.11 Å². The Hall–Kier alpha value is -2.09. The molecule has 0 aromatic heterocycles. The van der Waals surface area contributed by atoms with Gasteiger partial charge < -0.3 is 4.74 Å². The maximum Gasteiger partial charge on any atom is 0.163 e. The van der Waals surface area contributed by atoms with Crippen LogP contribution < -0.4 is 4.74 Å². The molecule has 0 saturated carbocycles. The summed E-state index contributed by atoms with van der Waals surface area (Å²) in [5.41, 5.74) is 3.07. The quantitative estimate of drug-likeness (QED) is 0.758. The van der Waals surface area contributed by atoms with E-state index in [4.69, 9.17) is 4.74 Å². The first-order chi connectivity index (χ1) is 9.19. The van der Waals surface area contributed by atoms with Crippen LogP contribution in [0.15, 0.2) is 48.5 Å². The topological polar surface area (TPSA) is 26.3 Å². The van der Waals surface area contributed by atoms with Crippen LogP contribution in [0, 0.1) is 6.92 Å². The predicted octanol–water partition coefficient (Wildman–Crippen LogP) is 3.82. The lowest BCUT2D eigenvalue weighted by Crippen LogP contribution is -2.01. The van der Waals surface area contributed by atoms with Crippen LogP contribution >= 0.6 is 0 Å². The minimum absolute atomic E-state index is 0.194. The lowest BCUT2D eigenvalue weighted by Gasteiger charge is -2.04. The van der Waals surface area contributed by atoms with Crippen LogP contribution in [0.2, 0.25) is 0 Å². The smallest absolute Gasteiger partial charge is 0.163 e. The SMILES string of the molecule is COc1ccc(CCC(=O)c2cccc(C)c2)cc1. The number of rotatable bonds is 5. The molecule has 0 amide bonds. The van der Waals surface area contributed by atoms with Gasteiger partial charge in [0.1, 0.15) is 5.75 Å². The summed E-state index contributed by atoms with van der Waals surface area (Å²) < 4.78 is 5.11. The Morgan fingerprint density at radius 2 is 1.84 bits per heavy atom. The number of ether oxygens (including phenoxy) is 1. The van der Waals surface area contributed by atoms with E-state index in [0.29, 0.717) is 6.42 Å². The fourth-order valence-electron chi connectivity index (χ4n) is 2.01. The molecule has 98 valence electrons. The molecule has 0 aliphatic carbocycles. The molecule has 0 radical (unpaired) electrons. The third kappa shape index (κ3) is 3.68. The standard InChI is InChI=1S/C17H18O2/c1-13-4-3-5-15(12-13)17(18)11-8-14-6-9-16(19-2)10-7-14/h3-7,9-10,12H,8,11H2,1-2H3. The number of hydrogen-bond acceptors (Lipinski definition) is 2. The maximum atomic E-state index is 12.1. The summed E-state index contributed by atoms with van der Waals surface area (Å²) in [5.74, 6) is 1.04. The zero-order valence-corrected chi connectivity index (χ0v) is 11.3. The number of aryl methyl sites for hydroxylation is 2. The van der Waals surface area contributed by atoms with Crippen molar-refractivity contribution in [3.8, 4) is 5.75 Å². The molecule has 0 aliphatic heterocycles. The van der Waals surface area contributed by atoms with Gasteiger partial charge in [-0.15, -0.1) is 0 Å². The molecule has 0 fully saturated rings. The molecule has 0 atom stereocenters. The van der Waals surface area contributed by atoms with Gasteiger partial charge in [-0.05, 0) is 37.1 Å². The number of methoxy groups -OCH3 is 1. The summed E-state index contributed by atoms with van der Waals surface area (Å²) in [6, 6.07) is 15.6. The summed E-state index contributed by atoms with van der Waals surface area (Å²) in [6.45, 7) is 2.00. The van der Waals surface area contributed by atoms with E-state index in [0.717, 1.165) is 28.9 Å². The van der Waals surface area contributed by atoms with Crippen LogP contribution in [-0.4, -0.2) is 12.9 Å². The first-order valence-corrected chi connectivity index (χ1v) is 6.42. The van der Waals surface area contributed by atoms with Crippen molar-refractivity contribution in [1.82, 2.24) is 0 Å². The van der Waals surface area contributed by atoms with Crippen LogP contribution in [-0.2, 0) is 6.42 Å². The Morgan fingerprint density at radius 3 is 2.47 bits per heavy atom. The lowest BCUT2D eigenvalue weighted by molar-refractivity contribution is 0.0983. The molecule has 0 saturated heterocycles. The Kier molecular flexibility index (Phi) is 4.35. The molecule has 0 aliphatic rings. The second-order valence-corrected chi connectivity index (χ2v) is 4.64. The fraction of sp³-hybridized carbons (Fsp3) is 0.235. The number of hydrogen-bond donors (Lipinski definition) is 0. The van der Waals surface area contributed by atoms with E-state index in [1.807, 2.05) is 55.5 Å². The summed E-state index contributed by atoms with van der Waals surface area (Å²) in [5, 5.41) is 0. The highest BCUT2D eigenvalue weighted by atomic mass is 16.5. The number of benzene rings is 2. The molecule has 19 heavy (non-hydrogen) atoms. The van der Waals surface area contributed by atoms with Gasteiger partial charge in [-0.1, -0.05) is 35.9 Å².